The highest BCUT2D eigenvalue weighted by atomic mass is 35.5. The number of halogens is 1. The van der Waals surface area contributed by atoms with Crippen LogP contribution in [0.3, 0.4) is 0 Å². The topological polar surface area (TPSA) is 93.7 Å². The first kappa shape index (κ1) is 15.5. The van der Waals surface area contributed by atoms with Gasteiger partial charge in [0.1, 0.15) is 10.6 Å². The number of benzene rings is 1. The molecule has 2 N–H and O–H groups in total. The molecule has 1 aromatic carbocycles. The number of ether oxygens (including phenoxy) is 2. The van der Waals surface area contributed by atoms with Crippen molar-refractivity contribution in [3.8, 4) is 5.75 Å². The van der Waals surface area contributed by atoms with Crippen molar-refractivity contribution in [1.82, 2.24) is 4.72 Å². The molecule has 0 aliphatic carbocycles. The van der Waals surface area contributed by atoms with Crippen LogP contribution >= 0.6 is 11.6 Å². The molecule has 1 atom stereocenters. The molecule has 1 aromatic rings. The molecule has 0 spiro atoms. The average molecular weight is 347 g/mol. The molecule has 0 saturated carbocycles. The fourth-order valence-electron chi connectivity index (χ4n) is 2.34. The molecule has 1 fully saturated rings. The van der Waals surface area contributed by atoms with Crippen LogP contribution in [0.1, 0.15) is 6.42 Å². The van der Waals surface area contributed by atoms with Crippen molar-refractivity contribution < 1.29 is 22.7 Å². The van der Waals surface area contributed by atoms with Crippen molar-refractivity contribution in [2.24, 2.45) is 5.92 Å². The summed E-state index contributed by atoms with van der Waals surface area (Å²) in [6, 6.07) is 2.70. The third-order valence-corrected chi connectivity index (χ3v) is 5.43. The summed E-state index contributed by atoms with van der Waals surface area (Å²) < 4.78 is 37.7. The van der Waals surface area contributed by atoms with Crippen LogP contribution in [0.25, 0.3) is 0 Å². The van der Waals surface area contributed by atoms with Gasteiger partial charge in [0.2, 0.25) is 10.0 Å². The maximum atomic E-state index is 12.4. The van der Waals surface area contributed by atoms with Gasteiger partial charge in [-0.05, 0) is 18.4 Å². The Labute approximate surface area is 133 Å². The zero-order valence-electron chi connectivity index (χ0n) is 11.6. The van der Waals surface area contributed by atoms with Crippen molar-refractivity contribution in [2.45, 2.75) is 11.3 Å². The minimum atomic E-state index is -3.76. The molecule has 0 radical (unpaired) electrons. The fraction of sp³-hybridized carbons (Fsp3) is 0.462. The van der Waals surface area contributed by atoms with Gasteiger partial charge in [-0.15, -0.1) is 0 Å². The molecule has 2 heterocycles. The van der Waals surface area contributed by atoms with Crippen molar-refractivity contribution >= 4 is 33.2 Å². The van der Waals surface area contributed by atoms with Gasteiger partial charge in [-0.3, -0.25) is 4.79 Å². The number of rotatable bonds is 4. The minimum absolute atomic E-state index is 0.0275. The van der Waals surface area contributed by atoms with Crippen LogP contribution < -0.4 is 14.8 Å². The normalized spacial score (nSPS) is 21.1. The number of hydrogen-bond acceptors (Lipinski definition) is 5. The van der Waals surface area contributed by atoms with E-state index in [4.69, 9.17) is 21.1 Å². The summed E-state index contributed by atoms with van der Waals surface area (Å²) in [5.41, 5.74) is 0.365. The van der Waals surface area contributed by atoms with Gasteiger partial charge in [-0.2, -0.15) is 0 Å². The molecule has 2 aliphatic rings. The Hall–Kier alpha value is -1.35. The van der Waals surface area contributed by atoms with Crippen molar-refractivity contribution in [1.29, 1.82) is 0 Å². The average Bonchev–Trinajstić information content (AvgIpc) is 2.97. The smallest absolute Gasteiger partial charge is 0.262 e. The summed E-state index contributed by atoms with van der Waals surface area (Å²) in [4.78, 5) is 11.2. The van der Waals surface area contributed by atoms with Crippen LogP contribution in [0, 0.1) is 5.92 Å². The molecular weight excluding hydrogens is 332 g/mol. The third-order valence-electron chi connectivity index (χ3n) is 3.54. The predicted octanol–water partition coefficient (Wildman–Crippen LogP) is 0.986. The number of anilines is 1. The van der Waals surface area contributed by atoms with Gasteiger partial charge in [0, 0.05) is 19.2 Å². The monoisotopic (exact) mass is 346 g/mol. The van der Waals surface area contributed by atoms with Crippen molar-refractivity contribution in [3.63, 3.8) is 0 Å². The number of carbonyl (C=O) groups is 1. The summed E-state index contributed by atoms with van der Waals surface area (Å²) in [6.07, 6.45) is 0.829. The number of carbonyl (C=O) groups excluding carboxylic acids is 1. The minimum Gasteiger partial charge on any atom is -0.482 e. The lowest BCUT2D eigenvalue weighted by Crippen LogP contribution is -2.30. The Balaban J connectivity index is 1.82. The van der Waals surface area contributed by atoms with Gasteiger partial charge in [0.15, 0.2) is 6.61 Å². The van der Waals surface area contributed by atoms with Crippen LogP contribution in [-0.2, 0) is 19.6 Å². The molecule has 3 rings (SSSR count). The molecule has 1 amide bonds. The largest absolute Gasteiger partial charge is 0.482 e. The maximum Gasteiger partial charge on any atom is 0.262 e. The fourth-order valence-corrected chi connectivity index (χ4v) is 3.99. The molecule has 2 aliphatic heterocycles. The van der Waals surface area contributed by atoms with Gasteiger partial charge in [0.25, 0.3) is 5.91 Å². The van der Waals surface area contributed by atoms with E-state index >= 15 is 0 Å². The second-order valence-electron chi connectivity index (χ2n) is 5.20. The maximum absolute atomic E-state index is 12.4. The van der Waals surface area contributed by atoms with Gasteiger partial charge >= 0.3 is 0 Å². The molecular formula is C13H15ClN2O5S. The first-order valence-corrected chi connectivity index (χ1v) is 8.65. The van der Waals surface area contributed by atoms with Crippen LogP contribution in [0.4, 0.5) is 5.69 Å². The molecule has 22 heavy (non-hydrogen) atoms. The van der Waals surface area contributed by atoms with Gasteiger partial charge in [-0.25, -0.2) is 13.1 Å². The van der Waals surface area contributed by atoms with E-state index in [1.807, 2.05) is 0 Å². The number of hydrogen-bond donors (Lipinski definition) is 2. The van der Waals surface area contributed by atoms with E-state index in [1.165, 1.54) is 12.1 Å². The van der Waals surface area contributed by atoms with Gasteiger partial charge in [0.05, 0.1) is 17.3 Å². The van der Waals surface area contributed by atoms with Crippen molar-refractivity contribution in [2.75, 3.05) is 31.7 Å². The number of sulfonamides is 1. The summed E-state index contributed by atoms with van der Waals surface area (Å²) in [5.74, 6) is 0.147. The Kier molecular flexibility index (Phi) is 4.26. The molecule has 7 nitrogen and oxygen atoms in total. The third kappa shape index (κ3) is 3.19. The van der Waals surface area contributed by atoms with E-state index in [2.05, 4.69) is 10.0 Å². The van der Waals surface area contributed by atoms with Crippen molar-refractivity contribution in [3.05, 3.63) is 17.2 Å². The van der Waals surface area contributed by atoms with Crippen LogP contribution in [0.5, 0.6) is 5.75 Å². The highest BCUT2D eigenvalue weighted by Crippen LogP contribution is 2.35. The van der Waals surface area contributed by atoms with E-state index in [1.54, 1.807) is 0 Å². The Bertz CT molecular complexity index is 701. The Morgan fingerprint density at radius 1 is 1.41 bits per heavy atom. The lowest BCUT2D eigenvalue weighted by atomic mass is 10.1. The quantitative estimate of drug-likeness (QED) is 0.847. The highest BCUT2D eigenvalue weighted by molar-refractivity contribution is 7.89. The SMILES string of the molecule is O=C1COc2cc(S(=O)(=O)NC[C@H]3CCOC3)c(Cl)cc2N1. The second kappa shape index (κ2) is 6.04. The molecule has 9 heteroatoms. The van der Waals surface area contributed by atoms with Gasteiger partial charge in [-0.1, -0.05) is 11.6 Å². The molecule has 120 valence electrons. The predicted molar refractivity (Wildman–Crippen MR) is 79.7 cm³/mol. The summed E-state index contributed by atoms with van der Waals surface area (Å²) >= 11 is 6.04. The Morgan fingerprint density at radius 3 is 2.95 bits per heavy atom. The Morgan fingerprint density at radius 2 is 2.23 bits per heavy atom. The first-order valence-electron chi connectivity index (χ1n) is 6.79. The number of nitrogens with one attached hydrogen (secondary N) is 2. The van der Waals surface area contributed by atoms with Crippen LogP contribution in [0.2, 0.25) is 5.02 Å². The molecule has 0 bridgehead atoms. The van der Waals surface area contributed by atoms with Crippen LogP contribution in [0.15, 0.2) is 17.0 Å². The summed E-state index contributed by atoms with van der Waals surface area (Å²) in [6.45, 7) is 1.35. The van der Waals surface area contributed by atoms with Gasteiger partial charge < -0.3 is 14.8 Å². The summed E-state index contributed by atoms with van der Waals surface area (Å²) in [7, 11) is -3.76. The van der Waals surface area contributed by atoms with E-state index in [0.29, 0.717) is 25.4 Å². The highest BCUT2D eigenvalue weighted by Gasteiger charge is 2.26. The van der Waals surface area contributed by atoms with E-state index in [9.17, 15) is 13.2 Å². The standard InChI is InChI=1S/C13H15ClN2O5S/c14-9-3-10-11(21-7-13(17)16-10)4-12(9)22(18,19)15-5-8-1-2-20-6-8/h3-4,8,15H,1-2,5-7H2,(H,16,17)/t8-/m1/s1. The molecule has 0 aromatic heterocycles. The van der Waals surface area contributed by atoms with Crippen LogP contribution in [-0.4, -0.2) is 40.7 Å². The molecule has 1 saturated heterocycles. The number of fused-ring (bicyclic) bond motifs is 1. The zero-order chi connectivity index (χ0) is 15.7. The lowest BCUT2D eigenvalue weighted by molar-refractivity contribution is -0.118. The van der Waals surface area contributed by atoms with E-state index in [-0.39, 0.29) is 34.1 Å². The molecule has 0 unspecified atom stereocenters. The zero-order valence-corrected chi connectivity index (χ0v) is 13.2. The number of amides is 1. The first-order chi connectivity index (χ1) is 10.5. The summed E-state index contributed by atoms with van der Waals surface area (Å²) in [5, 5.41) is 2.60. The van der Waals surface area contributed by atoms with E-state index in [0.717, 1.165) is 6.42 Å². The second-order valence-corrected chi connectivity index (χ2v) is 7.34. The lowest BCUT2D eigenvalue weighted by Gasteiger charge is -2.19. The van der Waals surface area contributed by atoms with E-state index < -0.39 is 10.0 Å².